The second-order valence-corrected chi connectivity index (χ2v) is 7.70. The molecule has 1 aliphatic rings. The summed E-state index contributed by atoms with van der Waals surface area (Å²) in [6.07, 6.45) is 0. The van der Waals surface area contributed by atoms with Gasteiger partial charge in [0, 0.05) is 30.7 Å². The number of nitrogens with one attached hydrogen (secondary N) is 1. The molecule has 2 aromatic rings. The summed E-state index contributed by atoms with van der Waals surface area (Å²) in [5, 5.41) is 3.56. The van der Waals surface area contributed by atoms with Crippen molar-refractivity contribution in [2.75, 3.05) is 19.6 Å². The monoisotopic (exact) mass is 408 g/mol. The summed E-state index contributed by atoms with van der Waals surface area (Å²) in [4.78, 5) is -0.539. The number of benzene rings is 2. The Hall–Kier alpha value is -1.25. The van der Waals surface area contributed by atoms with Crippen LogP contribution in [0.2, 0.25) is 5.02 Å². The van der Waals surface area contributed by atoms with Crippen LogP contribution in [0.15, 0.2) is 47.4 Å². The number of sulfonamides is 1. The second-order valence-electron chi connectivity index (χ2n) is 5.43. The first kappa shape index (κ1) is 20.1. The molecule has 0 aliphatic carbocycles. The van der Waals surface area contributed by atoms with E-state index in [0.29, 0.717) is 29.7 Å². The molecular weight excluding hydrogens is 393 g/mol. The summed E-state index contributed by atoms with van der Waals surface area (Å²) in [5.41, 5.74) is 0.637. The molecule has 4 nitrogen and oxygen atoms in total. The van der Waals surface area contributed by atoms with Gasteiger partial charge in [-0.3, -0.25) is 0 Å². The molecule has 0 aromatic heterocycles. The Labute approximate surface area is 156 Å². The average Bonchev–Trinajstić information content (AvgIpc) is 2.55. The summed E-state index contributed by atoms with van der Waals surface area (Å²) in [7, 11) is -4.13. The average molecular weight is 409 g/mol. The molecule has 9 heteroatoms. The van der Waals surface area contributed by atoms with Crippen LogP contribution in [0.25, 0.3) is 0 Å². The largest absolute Gasteiger partial charge is 0.313 e. The zero-order valence-electron chi connectivity index (χ0n) is 13.0. The molecule has 0 saturated carbocycles. The van der Waals surface area contributed by atoms with Crippen LogP contribution in [0.5, 0.6) is 0 Å². The molecule has 1 atom stereocenters. The van der Waals surface area contributed by atoms with Gasteiger partial charge in [-0.25, -0.2) is 17.2 Å². The van der Waals surface area contributed by atoms with Gasteiger partial charge in [0.05, 0.1) is 6.04 Å². The van der Waals surface area contributed by atoms with Crippen LogP contribution in [0, 0.1) is 11.6 Å². The lowest BCUT2D eigenvalue weighted by Crippen LogP contribution is -2.48. The van der Waals surface area contributed by atoms with Crippen molar-refractivity contribution in [2.24, 2.45) is 0 Å². The van der Waals surface area contributed by atoms with Gasteiger partial charge in [0.2, 0.25) is 10.0 Å². The summed E-state index contributed by atoms with van der Waals surface area (Å²) in [6.45, 7) is 0.948. The third kappa shape index (κ3) is 3.96. The van der Waals surface area contributed by atoms with E-state index in [1.165, 1.54) is 4.31 Å². The smallest absolute Gasteiger partial charge is 0.246 e. The van der Waals surface area contributed by atoms with Crippen LogP contribution in [-0.4, -0.2) is 32.4 Å². The quantitative estimate of drug-likeness (QED) is 0.846. The normalized spacial score (nSPS) is 18.6. The van der Waals surface area contributed by atoms with E-state index in [1.807, 2.05) is 0 Å². The van der Waals surface area contributed by atoms with E-state index in [2.05, 4.69) is 5.32 Å². The highest BCUT2D eigenvalue weighted by Crippen LogP contribution is 2.33. The number of nitrogens with zero attached hydrogens (tertiary/aromatic N) is 1. The van der Waals surface area contributed by atoms with Gasteiger partial charge >= 0.3 is 0 Å². The fraction of sp³-hybridized carbons (Fsp3) is 0.250. The van der Waals surface area contributed by atoms with Crippen LogP contribution >= 0.6 is 24.0 Å². The van der Waals surface area contributed by atoms with Crippen molar-refractivity contribution >= 4 is 34.0 Å². The molecule has 25 heavy (non-hydrogen) atoms. The Morgan fingerprint density at radius 3 is 2.56 bits per heavy atom. The van der Waals surface area contributed by atoms with E-state index < -0.39 is 32.6 Å². The molecule has 136 valence electrons. The van der Waals surface area contributed by atoms with Gasteiger partial charge in [0.25, 0.3) is 0 Å². The Morgan fingerprint density at radius 2 is 1.88 bits per heavy atom. The van der Waals surface area contributed by atoms with Crippen molar-refractivity contribution in [3.05, 3.63) is 64.7 Å². The van der Waals surface area contributed by atoms with E-state index in [9.17, 15) is 17.2 Å². The molecule has 3 rings (SSSR count). The van der Waals surface area contributed by atoms with Crippen molar-refractivity contribution in [3.63, 3.8) is 0 Å². The van der Waals surface area contributed by atoms with E-state index in [1.54, 1.807) is 24.3 Å². The van der Waals surface area contributed by atoms with Gasteiger partial charge in [-0.05, 0) is 23.8 Å². The highest BCUT2D eigenvalue weighted by atomic mass is 35.5. The van der Waals surface area contributed by atoms with E-state index in [4.69, 9.17) is 11.6 Å². The molecule has 1 N–H and O–H groups in total. The lowest BCUT2D eigenvalue weighted by atomic mass is 10.1. The number of halogens is 4. The maximum atomic E-state index is 14.0. The van der Waals surface area contributed by atoms with Crippen LogP contribution in [0.4, 0.5) is 8.78 Å². The first-order chi connectivity index (χ1) is 11.4. The summed E-state index contributed by atoms with van der Waals surface area (Å²) in [6, 6.07) is 8.81. The minimum Gasteiger partial charge on any atom is -0.313 e. The molecule has 0 radical (unpaired) electrons. The van der Waals surface area contributed by atoms with Gasteiger partial charge < -0.3 is 5.32 Å². The van der Waals surface area contributed by atoms with E-state index >= 15 is 0 Å². The van der Waals surface area contributed by atoms with Crippen molar-refractivity contribution in [1.82, 2.24) is 9.62 Å². The zero-order chi connectivity index (χ0) is 17.3. The molecular formula is C16H16Cl2F2N2O2S. The van der Waals surface area contributed by atoms with Crippen LogP contribution in [0.1, 0.15) is 11.6 Å². The third-order valence-corrected chi connectivity index (χ3v) is 6.22. The lowest BCUT2D eigenvalue weighted by Gasteiger charge is -2.35. The van der Waals surface area contributed by atoms with Crippen LogP contribution in [0.3, 0.4) is 0 Å². The molecule has 0 bridgehead atoms. The molecule has 1 unspecified atom stereocenters. The van der Waals surface area contributed by atoms with Gasteiger partial charge in [0.1, 0.15) is 16.5 Å². The fourth-order valence-electron chi connectivity index (χ4n) is 2.79. The summed E-state index contributed by atoms with van der Waals surface area (Å²) in [5.74, 6) is -1.93. The van der Waals surface area contributed by atoms with Crippen LogP contribution < -0.4 is 5.32 Å². The summed E-state index contributed by atoms with van der Waals surface area (Å²) < 4.78 is 54.1. The number of hydrogen-bond acceptors (Lipinski definition) is 3. The first-order valence-corrected chi connectivity index (χ1v) is 9.15. The predicted octanol–water partition coefficient (Wildman–Crippen LogP) is 3.38. The topological polar surface area (TPSA) is 49.4 Å². The maximum absolute atomic E-state index is 14.0. The maximum Gasteiger partial charge on any atom is 0.246 e. The van der Waals surface area contributed by atoms with Gasteiger partial charge in [0.15, 0.2) is 0 Å². The first-order valence-electron chi connectivity index (χ1n) is 7.33. The number of rotatable bonds is 3. The lowest BCUT2D eigenvalue weighted by molar-refractivity contribution is 0.270. The van der Waals surface area contributed by atoms with Crippen LogP contribution in [-0.2, 0) is 10.0 Å². The Morgan fingerprint density at radius 1 is 1.16 bits per heavy atom. The molecule has 1 saturated heterocycles. The van der Waals surface area contributed by atoms with Gasteiger partial charge in [-0.2, -0.15) is 4.31 Å². The molecule has 0 amide bonds. The SMILES string of the molecule is Cl.O=S(=O)(c1ccc(F)cc1F)N1CCNCC1c1ccccc1Cl. The second kappa shape index (κ2) is 7.97. The zero-order valence-corrected chi connectivity index (χ0v) is 15.3. The predicted molar refractivity (Wildman–Crippen MR) is 94.6 cm³/mol. The summed E-state index contributed by atoms with van der Waals surface area (Å²) >= 11 is 6.20. The van der Waals surface area contributed by atoms with Crippen molar-refractivity contribution in [3.8, 4) is 0 Å². The fourth-order valence-corrected chi connectivity index (χ4v) is 4.71. The highest BCUT2D eigenvalue weighted by molar-refractivity contribution is 7.89. The third-order valence-electron chi connectivity index (χ3n) is 3.94. The van der Waals surface area contributed by atoms with Crippen molar-refractivity contribution < 1.29 is 17.2 Å². The van der Waals surface area contributed by atoms with Gasteiger partial charge in [-0.1, -0.05) is 29.8 Å². The minimum absolute atomic E-state index is 0. The highest BCUT2D eigenvalue weighted by Gasteiger charge is 2.36. The molecule has 0 spiro atoms. The van der Waals surface area contributed by atoms with Crippen molar-refractivity contribution in [1.29, 1.82) is 0 Å². The van der Waals surface area contributed by atoms with Crippen molar-refractivity contribution in [2.45, 2.75) is 10.9 Å². The number of hydrogen-bond donors (Lipinski definition) is 1. The molecule has 1 fully saturated rings. The standard InChI is InChI=1S/C16H15ClF2N2O2S.ClH/c17-13-4-2-1-3-12(13)15-10-20-7-8-21(15)24(22,23)16-6-5-11(18)9-14(16)19;/h1-6,9,15,20H,7-8,10H2;1H. The molecule has 1 heterocycles. The molecule has 2 aromatic carbocycles. The van der Waals surface area contributed by atoms with E-state index in [0.717, 1.165) is 12.1 Å². The Balaban J connectivity index is 0.00000225. The minimum atomic E-state index is -4.13. The number of piperazine rings is 1. The Bertz CT molecular complexity index is 865. The molecule has 1 aliphatic heterocycles. The van der Waals surface area contributed by atoms with Gasteiger partial charge in [-0.15, -0.1) is 12.4 Å². The Kier molecular flexibility index (Phi) is 6.40. The van der Waals surface area contributed by atoms with E-state index in [-0.39, 0.29) is 19.0 Å².